The van der Waals surface area contributed by atoms with Gasteiger partial charge in [-0.2, -0.15) is 0 Å². The van der Waals surface area contributed by atoms with Gasteiger partial charge in [0.25, 0.3) is 0 Å². The predicted octanol–water partition coefficient (Wildman–Crippen LogP) is 3.13. The number of nitrogens with two attached hydrogens (primary N) is 1. The monoisotopic (exact) mass is 386 g/mol. The maximum absolute atomic E-state index is 6.65. The van der Waals surface area contributed by atoms with E-state index in [1.165, 1.54) is 0 Å². The van der Waals surface area contributed by atoms with Crippen LogP contribution >= 0.6 is 11.8 Å². The molecule has 1 aromatic heterocycles. The average Bonchev–Trinajstić information content (AvgIpc) is 3.29. The van der Waals surface area contributed by atoms with Crippen LogP contribution < -0.4 is 26.1 Å². The van der Waals surface area contributed by atoms with Crippen molar-refractivity contribution >= 4 is 28.5 Å². The van der Waals surface area contributed by atoms with Gasteiger partial charge < -0.3 is 24.5 Å². The summed E-state index contributed by atoms with van der Waals surface area (Å²) in [4.78, 5) is 0. The lowest BCUT2D eigenvalue weighted by molar-refractivity contribution is 0.140. The van der Waals surface area contributed by atoms with E-state index in [0.29, 0.717) is 5.82 Å². The summed E-state index contributed by atoms with van der Waals surface area (Å²) >= 11 is 1.60. The number of fused-ring (bicyclic) bond motifs is 1. The second kappa shape index (κ2) is 7.32. The number of ether oxygens (including phenoxy) is 3. The fourth-order valence-electron chi connectivity index (χ4n) is 3.32. The Morgan fingerprint density at radius 1 is 0.963 bits per heavy atom. The lowest BCUT2D eigenvalue weighted by Gasteiger charge is -2.15. The highest BCUT2D eigenvalue weighted by Gasteiger charge is 2.29. The Morgan fingerprint density at radius 3 is 2.30 bits per heavy atom. The molecule has 0 spiro atoms. The van der Waals surface area contributed by atoms with Crippen molar-refractivity contribution in [2.24, 2.45) is 0 Å². The van der Waals surface area contributed by atoms with E-state index in [1.54, 1.807) is 33.1 Å². The van der Waals surface area contributed by atoms with Crippen LogP contribution in [-0.2, 0) is 4.74 Å². The number of methoxy groups -OCH3 is 3. The van der Waals surface area contributed by atoms with E-state index in [4.69, 9.17) is 19.9 Å². The Kier molecular flexibility index (Phi) is 4.88. The quantitative estimate of drug-likeness (QED) is 0.621. The summed E-state index contributed by atoms with van der Waals surface area (Å²) in [7, 11) is 4.98. The van der Waals surface area contributed by atoms with Gasteiger partial charge in [0.15, 0.2) is 5.56 Å². The van der Waals surface area contributed by atoms with E-state index in [2.05, 4.69) is 15.4 Å². The second-order valence-corrected chi connectivity index (χ2v) is 7.23. The Hall–Kier alpha value is -2.39. The van der Waals surface area contributed by atoms with Crippen LogP contribution in [0.2, 0.25) is 0 Å². The molecule has 4 rings (SSSR count). The molecule has 1 fully saturated rings. The zero-order valence-corrected chi connectivity index (χ0v) is 16.2. The number of rotatable bonds is 5. The van der Waals surface area contributed by atoms with Crippen molar-refractivity contribution in [3.05, 3.63) is 42.5 Å². The summed E-state index contributed by atoms with van der Waals surface area (Å²) in [6.07, 6.45) is 0. The fraction of sp³-hybridized carbons (Fsp3) is 0.263. The first kappa shape index (κ1) is 18.0. The number of hydrogen-bond acceptors (Lipinski definition) is 7. The van der Waals surface area contributed by atoms with E-state index in [1.807, 2.05) is 42.5 Å². The van der Waals surface area contributed by atoms with Crippen molar-refractivity contribution < 1.29 is 14.2 Å². The lowest BCUT2D eigenvalue weighted by atomic mass is 10.0. The SMILES string of the molecule is COc1ccc(-c2c(N)n(C3NNC(OC)S3)c3ccc(OC)cc23)cc1. The molecule has 27 heavy (non-hydrogen) atoms. The number of nitrogens with one attached hydrogen (secondary N) is 2. The van der Waals surface area contributed by atoms with Crippen molar-refractivity contribution in [3.8, 4) is 22.6 Å². The molecule has 2 atom stereocenters. The third-order valence-corrected chi connectivity index (χ3v) is 5.80. The number of thioether (sulfide) groups is 1. The van der Waals surface area contributed by atoms with E-state index in [-0.39, 0.29) is 11.1 Å². The van der Waals surface area contributed by atoms with Crippen LogP contribution in [0.25, 0.3) is 22.0 Å². The molecule has 0 saturated carbocycles. The minimum absolute atomic E-state index is 0.0992. The molecule has 2 unspecified atom stereocenters. The Labute approximate surface area is 161 Å². The number of hydrazine groups is 1. The van der Waals surface area contributed by atoms with E-state index >= 15 is 0 Å². The minimum atomic E-state index is -0.144. The second-order valence-electron chi connectivity index (χ2n) is 6.09. The minimum Gasteiger partial charge on any atom is -0.497 e. The molecule has 3 aromatic rings. The Morgan fingerprint density at radius 2 is 1.67 bits per heavy atom. The topological polar surface area (TPSA) is 82.7 Å². The fourth-order valence-corrected chi connectivity index (χ4v) is 4.28. The molecule has 1 aliphatic heterocycles. The number of nitrogen functional groups attached to an aromatic ring is 1. The van der Waals surface area contributed by atoms with Gasteiger partial charge in [0.2, 0.25) is 0 Å². The van der Waals surface area contributed by atoms with Crippen LogP contribution in [0.1, 0.15) is 5.50 Å². The number of hydrogen-bond donors (Lipinski definition) is 3. The smallest absolute Gasteiger partial charge is 0.171 e. The van der Waals surface area contributed by atoms with Crippen LogP contribution in [0.4, 0.5) is 5.82 Å². The largest absolute Gasteiger partial charge is 0.497 e. The van der Waals surface area contributed by atoms with Crippen LogP contribution in [0, 0.1) is 0 Å². The first-order valence-electron chi connectivity index (χ1n) is 8.47. The van der Waals surface area contributed by atoms with Crippen molar-refractivity contribution in [2.75, 3.05) is 27.1 Å². The van der Waals surface area contributed by atoms with Crippen LogP contribution in [-0.4, -0.2) is 31.5 Å². The van der Waals surface area contributed by atoms with Crippen LogP contribution in [0.5, 0.6) is 11.5 Å². The molecule has 0 radical (unpaired) electrons. The van der Waals surface area contributed by atoms with E-state index in [0.717, 1.165) is 33.5 Å². The summed E-state index contributed by atoms with van der Waals surface area (Å²) in [5.74, 6) is 2.26. The lowest BCUT2D eigenvalue weighted by Crippen LogP contribution is -2.33. The number of nitrogens with zero attached hydrogens (tertiary/aromatic N) is 1. The Balaban J connectivity index is 1.90. The van der Waals surface area contributed by atoms with Gasteiger partial charge in [0.1, 0.15) is 22.8 Å². The van der Waals surface area contributed by atoms with Crippen molar-refractivity contribution in [2.45, 2.75) is 11.1 Å². The van der Waals surface area contributed by atoms with Gasteiger partial charge in [-0.05, 0) is 35.9 Å². The average molecular weight is 386 g/mol. The molecule has 7 nitrogen and oxygen atoms in total. The van der Waals surface area contributed by atoms with Gasteiger partial charge in [-0.1, -0.05) is 23.9 Å². The molecule has 4 N–H and O–H groups in total. The van der Waals surface area contributed by atoms with Gasteiger partial charge in [-0.3, -0.25) is 0 Å². The highest BCUT2D eigenvalue weighted by atomic mass is 32.2. The molecule has 1 saturated heterocycles. The first-order chi connectivity index (χ1) is 13.2. The van der Waals surface area contributed by atoms with Gasteiger partial charge >= 0.3 is 0 Å². The summed E-state index contributed by atoms with van der Waals surface area (Å²) in [6.45, 7) is 0. The summed E-state index contributed by atoms with van der Waals surface area (Å²) in [6, 6.07) is 13.9. The molecule has 142 valence electrons. The molecule has 1 aliphatic rings. The molecule has 0 bridgehead atoms. The number of anilines is 1. The molecule has 8 heteroatoms. The molecule has 2 heterocycles. The molecule has 0 amide bonds. The standard InChI is InChI=1S/C19H22N4O3S/c1-24-12-6-4-11(5-7-12)16-14-10-13(25-2)8-9-15(14)23(17(16)20)18-21-22-19(26-3)27-18/h4-10,18-19,21-22H,20H2,1-3H3. The van der Waals surface area contributed by atoms with E-state index < -0.39 is 0 Å². The Bertz CT molecular complexity index is 958. The maximum atomic E-state index is 6.65. The van der Waals surface area contributed by atoms with Crippen LogP contribution in [0.15, 0.2) is 42.5 Å². The highest BCUT2D eigenvalue weighted by Crippen LogP contribution is 2.43. The molecule has 2 aromatic carbocycles. The van der Waals surface area contributed by atoms with Crippen LogP contribution in [0.3, 0.4) is 0 Å². The third kappa shape index (κ3) is 3.10. The highest BCUT2D eigenvalue weighted by molar-refractivity contribution is 7.99. The normalized spacial score (nSPS) is 19.5. The molecular weight excluding hydrogens is 364 g/mol. The van der Waals surface area contributed by atoms with E-state index in [9.17, 15) is 0 Å². The molecule has 0 aliphatic carbocycles. The van der Waals surface area contributed by atoms with Gasteiger partial charge in [-0.15, -0.1) is 0 Å². The van der Waals surface area contributed by atoms with Crippen molar-refractivity contribution in [1.82, 2.24) is 15.4 Å². The van der Waals surface area contributed by atoms with Gasteiger partial charge in [0.05, 0.1) is 19.7 Å². The summed E-state index contributed by atoms with van der Waals surface area (Å²) in [5.41, 5.74) is 15.7. The van der Waals surface area contributed by atoms with Crippen molar-refractivity contribution in [3.63, 3.8) is 0 Å². The number of benzene rings is 2. The number of aromatic nitrogens is 1. The van der Waals surface area contributed by atoms with Gasteiger partial charge in [-0.25, -0.2) is 10.9 Å². The van der Waals surface area contributed by atoms with Gasteiger partial charge in [0, 0.05) is 18.1 Å². The summed E-state index contributed by atoms with van der Waals surface area (Å²) < 4.78 is 18.2. The zero-order valence-electron chi connectivity index (χ0n) is 15.4. The maximum Gasteiger partial charge on any atom is 0.171 e. The van der Waals surface area contributed by atoms with Crippen molar-refractivity contribution in [1.29, 1.82) is 0 Å². The predicted molar refractivity (Wildman–Crippen MR) is 109 cm³/mol. The first-order valence-corrected chi connectivity index (χ1v) is 9.41. The molecular formula is C19H22N4O3S. The summed E-state index contributed by atoms with van der Waals surface area (Å²) in [5, 5.41) is 1.03. The third-order valence-electron chi connectivity index (χ3n) is 4.65. The zero-order chi connectivity index (χ0) is 19.0.